The van der Waals surface area contributed by atoms with E-state index in [9.17, 15) is 9.50 Å². The van der Waals surface area contributed by atoms with Crippen LogP contribution in [0.15, 0.2) is 16.6 Å². The third-order valence-electron chi connectivity index (χ3n) is 2.49. The van der Waals surface area contributed by atoms with Crippen molar-refractivity contribution in [2.24, 2.45) is 0 Å². The minimum Gasteiger partial charge on any atom is -0.505 e. The molecule has 1 aliphatic heterocycles. The number of phenolic OH excluding ortho intramolecular Hbond substituents is 1. The van der Waals surface area contributed by atoms with Gasteiger partial charge in [-0.1, -0.05) is 0 Å². The van der Waals surface area contributed by atoms with E-state index >= 15 is 0 Å². The normalized spacial score (nSPS) is 21.4. The van der Waals surface area contributed by atoms with Crippen molar-refractivity contribution >= 4 is 15.9 Å². The molecule has 1 atom stereocenters. The lowest BCUT2D eigenvalue weighted by molar-refractivity contribution is 0.428. The van der Waals surface area contributed by atoms with E-state index in [4.69, 9.17) is 0 Å². The molecule has 1 saturated heterocycles. The van der Waals surface area contributed by atoms with Crippen LogP contribution in [-0.2, 0) is 0 Å². The van der Waals surface area contributed by atoms with Crippen LogP contribution in [0.2, 0.25) is 0 Å². The predicted octanol–water partition coefficient (Wildman–Crippen LogP) is 2.72. The highest BCUT2D eigenvalue weighted by molar-refractivity contribution is 9.10. The van der Waals surface area contributed by atoms with Crippen molar-refractivity contribution in [2.45, 2.75) is 18.9 Å². The molecule has 1 aliphatic rings. The smallest absolute Gasteiger partial charge is 0.178 e. The summed E-state index contributed by atoms with van der Waals surface area (Å²) in [6.45, 7) is 0.987. The van der Waals surface area contributed by atoms with Crippen molar-refractivity contribution in [3.8, 4) is 5.75 Å². The Bertz CT molecular complexity index is 327. The molecule has 1 unspecified atom stereocenters. The van der Waals surface area contributed by atoms with E-state index in [2.05, 4.69) is 21.2 Å². The Balaban J connectivity index is 2.34. The second-order valence-electron chi connectivity index (χ2n) is 3.48. The molecular formula is C10H11BrFNO. The van der Waals surface area contributed by atoms with Gasteiger partial charge in [0.1, 0.15) is 0 Å². The fourth-order valence-corrected chi connectivity index (χ4v) is 2.23. The van der Waals surface area contributed by atoms with Gasteiger partial charge in [0.2, 0.25) is 0 Å². The lowest BCUT2D eigenvalue weighted by Gasteiger charge is -2.11. The zero-order chi connectivity index (χ0) is 10.1. The zero-order valence-corrected chi connectivity index (χ0v) is 9.14. The topological polar surface area (TPSA) is 32.3 Å². The van der Waals surface area contributed by atoms with Gasteiger partial charge >= 0.3 is 0 Å². The summed E-state index contributed by atoms with van der Waals surface area (Å²) >= 11 is 3.08. The molecule has 0 saturated carbocycles. The standard InChI is InChI=1S/C10H11BrFNO/c11-7-4-6(5-9(14)10(7)12)8-2-1-3-13-8/h4-5,8,13-14H,1-3H2. The Morgan fingerprint density at radius 2 is 2.29 bits per heavy atom. The largest absolute Gasteiger partial charge is 0.505 e. The van der Waals surface area contributed by atoms with Gasteiger partial charge in [-0.2, -0.15) is 0 Å². The number of aromatic hydroxyl groups is 1. The van der Waals surface area contributed by atoms with Gasteiger partial charge < -0.3 is 10.4 Å². The fraction of sp³-hybridized carbons (Fsp3) is 0.400. The molecule has 1 aromatic rings. The lowest BCUT2D eigenvalue weighted by Crippen LogP contribution is -2.12. The number of nitrogens with one attached hydrogen (secondary N) is 1. The Morgan fingerprint density at radius 3 is 2.86 bits per heavy atom. The Labute approximate surface area is 90.3 Å². The highest BCUT2D eigenvalue weighted by Crippen LogP contribution is 2.31. The van der Waals surface area contributed by atoms with Crippen molar-refractivity contribution in [2.75, 3.05) is 6.54 Å². The van der Waals surface area contributed by atoms with Gasteiger partial charge in [-0.15, -0.1) is 0 Å². The van der Waals surface area contributed by atoms with Crippen molar-refractivity contribution in [1.82, 2.24) is 5.32 Å². The van der Waals surface area contributed by atoms with Gasteiger partial charge in [-0.3, -0.25) is 0 Å². The summed E-state index contributed by atoms with van der Waals surface area (Å²) in [5.41, 5.74) is 0.938. The average molecular weight is 260 g/mol. The van der Waals surface area contributed by atoms with Crippen LogP contribution in [-0.4, -0.2) is 11.7 Å². The van der Waals surface area contributed by atoms with Crippen LogP contribution in [0.1, 0.15) is 24.4 Å². The summed E-state index contributed by atoms with van der Waals surface area (Å²) in [7, 11) is 0. The molecule has 0 amide bonds. The molecule has 0 bridgehead atoms. The van der Waals surface area contributed by atoms with Crippen LogP contribution in [0.3, 0.4) is 0 Å². The first-order valence-electron chi connectivity index (χ1n) is 4.60. The predicted molar refractivity (Wildman–Crippen MR) is 55.7 cm³/mol. The van der Waals surface area contributed by atoms with Crippen LogP contribution in [0, 0.1) is 5.82 Å². The van der Waals surface area contributed by atoms with E-state index in [1.807, 2.05) is 0 Å². The Kier molecular flexibility index (Phi) is 2.74. The van der Waals surface area contributed by atoms with Crippen LogP contribution < -0.4 is 5.32 Å². The molecule has 0 spiro atoms. The fourth-order valence-electron chi connectivity index (χ4n) is 1.77. The van der Waals surface area contributed by atoms with Gasteiger partial charge in [0.05, 0.1) is 4.47 Å². The third-order valence-corrected chi connectivity index (χ3v) is 3.07. The number of hydrogen-bond donors (Lipinski definition) is 2. The number of rotatable bonds is 1. The quantitative estimate of drug-likeness (QED) is 0.813. The van der Waals surface area contributed by atoms with Crippen molar-refractivity contribution in [3.05, 3.63) is 28.0 Å². The minimum absolute atomic E-state index is 0.248. The SMILES string of the molecule is Oc1cc(C2CCCN2)cc(Br)c1F. The third kappa shape index (κ3) is 1.77. The van der Waals surface area contributed by atoms with E-state index in [0.29, 0.717) is 4.47 Å². The Morgan fingerprint density at radius 1 is 1.50 bits per heavy atom. The van der Waals surface area contributed by atoms with E-state index in [0.717, 1.165) is 24.9 Å². The lowest BCUT2D eigenvalue weighted by atomic mass is 10.1. The number of hydrogen-bond acceptors (Lipinski definition) is 2. The first-order valence-corrected chi connectivity index (χ1v) is 5.39. The van der Waals surface area contributed by atoms with Crippen molar-refractivity contribution < 1.29 is 9.50 Å². The molecule has 14 heavy (non-hydrogen) atoms. The van der Waals surface area contributed by atoms with Crippen LogP contribution >= 0.6 is 15.9 Å². The number of phenols is 1. The maximum atomic E-state index is 13.1. The average Bonchev–Trinajstić information content (AvgIpc) is 2.66. The van der Waals surface area contributed by atoms with Gasteiger partial charge in [-0.05, 0) is 53.0 Å². The maximum Gasteiger partial charge on any atom is 0.178 e. The van der Waals surface area contributed by atoms with Gasteiger partial charge in [0.15, 0.2) is 11.6 Å². The van der Waals surface area contributed by atoms with Crippen LogP contribution in [0.25, 0.3) is 0 Å². The molecule has 2 N–H and O–H groups in total. The number of benzene rings is 1. The van der Waals surface area contributed by atoms with Crippen molar-refractivity contribution in [1.29, 1.82) is 0 Å². The Hall–Kier alpha value is -0.610. The summed E-state index contributed by atoms with van der Waals surface area (Å²) in [6.07, 6.45) is 2.16. The minimum atomic E-state index is -0.591. The van der Waals surface area contributed by atoms with Crippen LogP contribution in [0.5, 0.6) is 5.75 Å². The number of halogens is 2. The molecule has 0 aromatic heterocycles. The van der Waals surface area contributed by atoms with Crippen molar-refractivity contribution in [3.63, 3.8) is 0 Å². The van der Waals surface area contributed by atoms with Gasteiger partial charge in [0, 0.05) is 6.04 Å². The summed E-state index contributed by atoms with van der Waals surface area (Å²) in [5.74, 6) is -0.880. The molecule has 1 heterocycles. The molecular weight excluding hydrogens is 249 g/mol. The molecule has 2 rings (SSSR count). The monoisotopic (exact) mass is 259 g/mol. The summed E-state index contributed by atoms with van der Waals surface area (Å²) in [5, 5.41) is 12.6. The molecule has 0 radical (unpaired) electrons. The summed E-state index contributed by atoms with van der Waals surface area (Å²) in [4.78, 5) is 0. The molecule has 76 valence electrons. The van der Waals surface area contributed by atoms with E-state index in [-0.39, 0.29) is 11.8 Å². The van der Waals surface area contributed by atoms with Gasteiger partial charge in [-0.25, -0.2) is 4.39 Å². The van der Waals surface area contributed by atoms with E-state index < -0.39 is 5.82 Å². The second kappa shape index (κ2) is 3.87. The first-order chi connectivity index (χ1) is 6.68. The van der Waals surface area contributed by atoms with E-state index in [1.54, 1.807) is 6.07 Å². The first kappa shape index (κ1) is 9.93. The molecule has 0 aliphatic carbocycles. The highest BCUT2D eigenvalue weighted by Gasteiger charge is 2.18. The molecule has 1 fully saturated rings. The summed E-state index contributed by atoms with van der Waals surface area (Å²) in [6, 6.07) is 3.46. The van der Waals surface area contributed by atoms with Crippen LogP contribution in [0.4, 0.5) is 4.39 Å². The second-order valence-corrected chi connectivity index (χ2v) is 4.34. The maximum absolute atomic E-state index is 13.1. The molecule has 1 aromatic carbocycles. The molecule has 2 nitrogen and oxygen atoms in total. The van der Waals surface area contributed by atoms with Gasteiger partial charge in [0.25, 0.3) is 0 Å². The van der Waals surface area contributed by atoms with E-state index in [1.165, 1.54) is 6.07 Å². The highest BCUT2D eigenvalue weighted by atomic mass is 79.9. The zero-order valence-electron chi connectivity index (χ0n) is 7.56. The molecule has 4 heteroatoms. The summed E-state index contributed by atoms with van der Waals surface area (Å²) < 4.78 is 13.4.